The Hall–Kier alpha value is -2.73. The maximum Gasteiger partial charge on any atom is 0.253 e. The number of piperidine rings is 1. The maximum absolute atomic E-state index is 13.5. The van der Waals surface area contributed by atoms with Crippen molar-refractivity contribution in [3.63, 3.8) is 0 Å². The third kappa shape index (κ3) is 4.87. The maximum atomic E-state index is 13.5. The zero-order valence-electron chi connectivity index (χ0n) is 17.0. The van der Waals surface area contributed by atoms with Crippen LogP contribution in [0.1, 0.15) is 35.2 Å². The van der Waals surface area contributed by atoms with E-state index in [-0.39, 0.29) is 17.5 Å². The van der Waals surface area contributed by atoms with E-state index >= 15 is 0 Å². The smallest absolute Gasteiger partial charge is 0.253 e. The minimum absolute atomic E-state index is 0.0171. The van der Waals surface area contributed by atoms with E-state index in [0.29, 0.717) is 11.5 Å². The summed E-state index contributed by atoms with van der Waals surface area (Å²) < 4.78 is 26.5. The van der Waals surface area contributed by atoms with Crippen LogP contribution in [0, 0.1) is 17.6 Å². The quantitative estimate of drug-likeness (QED) is 0.562. The van der Waals surface area contributed by atoms with Gasteiger partial charge in [0.1, 0.15) is 11.6 Å². The summed E-state index contributed by atoms with van der Waals surface area (Å²) in [4.78, 5) is 17.6. The molecule has 3 aromatic rings. The van der Waals surface area contributed by atoms with E-state index in [9.17, 15) is 13.6 Å². The first-order valence-electron chi connectivity index (χ1n) is 10.6. The Bertz CT molecular complexity index is 991. The van der Waals surface area contributed by atoms with Crippen LogP contribution in [0.15, 0.2) is 48.7 Å². The minimum atomic E-state index is -0.326. The van der Waals surface area contributed by atoms with E-state index in [1.54, 1.807) is 24.3 Å². The molecule has 1 fully saturated rings. The lowest BCUT2D eigenvalue weighted by atomic mass is 9.96. The van der Waals surface area contributed by atoms with E-state index in [0.717, 1.165) is 68.3 Å². The van der Waals surface area contributed by atoms with Crippen molar-refractivity contribution in [1.29, 1.82) is 0 Å². The lowest BCUT2D eigenvalue weighted by molar-refractivity contribution is 0.0690. The second kappa shape index (κ2) is 9.39. The van der Waals surface area contributed by atoms with Gasteiger partial charge in [0.15, 0.2) is 0 Å². The molecule has 2 N–H and O–H groups in total. The number of aromatic nitrogens is 1. The van der Waals surface area contributed by atoms with Gasteiger partial charge in [0.25, 0.3) is 5.91 Å². The van der Waals surface area contributed by atoms with E-state index < -0.39 is 0 Å². The van der Waals surface area contributed by atoms with Gasteiger partial charge < -0.3 is 15.2 Å². The van der Waals surface area contributed by atoms with Crippen molar-refractivity contribution >= 4 is 16.8 Å². The normalized spacial score (nSPS) is 15.1. The molecular formula is C24H27F2N3O. The molecule has 30 heavy (non-hydrogen) atoms. The number of aromatic amines is 1. The highest BCUT2D eigenvalue weighted by molar-refractivity contribution is 5.94. The van der Waals surface area contributed by atoms with Gasteiger partial charge in [0.2, 0.25) is 0 Å². The highest BCUT2D eigenvalue weighted by Gasteiger charge is 2.23. The second-order valence-corrected chi connectivity index (χ2v) is 8.05. The molecule has 0 bridgehead atoms. The number of halogens is 2. The monoisotopic (exact) mass is 411 g/mol. The topological polar surface area (TPSA) is 48.1 Å². The van der Waals surface area contributed by atoms with Gasteiger partial charge in [0, 0.05) is 35.8 Å². The Morgan fingerprint density at radius 3 is 2.57 bits per heavy atom. The summed E-state index contributed by atoms with van der Waals surface area (Å²) in [5, 5.41) is 4.50. The van der Waals surface area contributed by atoms with Crippen LogP contribution in [0.25, 0.3) is 10.9 Å². The molecule has 1 aromatic heterocycles. The van der Waals surface area contributed by atoms with Crippen LogP contribution >= 0.6 is 0 Å². The zero-order valence-corrected chi connectivity index (χ0v) is 17.0. The molecule has 0 spiro atoms. The summed E-state index contributed by atoms with van der Waals surface area (Å²) in [7, 11) is 0. The fourth-order valence-electron chi connectivity index (χ4n) is 4.18. The molecule has 158 valence electrons. The molecule has 0 unspecified atom stereocenters. The van der Waals surface area contributed by atoms with Gasteiger partial charge in [-0.15, -0.1) is 0 Å². The van der Waals surface area contributed by atoms with Gasteiger partial charge in [-0.3, -0.25) is 4.79 Å². The molecule has 0 atom stereocenters. The number of nitrogens with zero attached hydrogens (tertiary/aromatic N) is 1. The number of likely N-dealkylation sites (tertiary alicyclic amines) is 1. The second-order valence-electron chi connectivity index (χ2n) is 8.05. The van der Waals surface area contributed by atoms with Gasteiger partial charge in [-0.2, -0.15) is 0 Å². The average Bonchev–Trinajstić information content (AvgIpc) is 3.16. The van der Waals surface area contributed by atoms with E-state index in [1.807, 2.05) is 11.1 Å². The summed E-state index contributed by atoms with van der Waals surface area (Å²) in [6.45, 7) is 3.34. The first kappa shape index (κ1) is 20.5. The van der Waals surface area contributed by atoms with E-state index in [4.69, 9.17) is 0 Å². The minimum Gasteiger partial charge on any atom is -0.361 e. The summed E-state index contributed by atoms with van der Waals surface area (Å²) >= 11 is 0. The number of benzene rings is 2. The standard InChI is InChI=1S/C24H27F2N3O/c25-20-5-3-18(4-6-20)24(30)29-12-9-17(10-13-29)15-27-11-1-2-19-16-28-23-8-7-21(26)14-22(19)23/h3-8,14,16-17,27-28H,1-2,9-13,15H2. The van der Waals surface area contributed by atoms with Crippen LogP contribution in [0.5, 0.6) is 0 Å². The van der Waals surface area contributed by atoms with Crippen molar-refractivity contribution < 1.29 is 13.6 Å². The third-order valence-electron chi connectivity index (χ3n) is 5.96. The van der Waals surface area contributed by atoms with Gasteiger partial charge in [-0.1, -0.05) is 0 Å². The van der Waals surface area contributed by atoms with Crippen LogP contribution in [0.2, 0.25) is 0 Å². The highest BCUT2D eigenvalue weighted by atomic mass is 19.1. The molecule has 2 aromatic carbocycles. The molecule has 2 heterocycles. The van der Waals surface area contributed by atoms with Gasteiger partial charge in [-0.05, 0) is 92.7 Å². The first-order chi connectivity index (χ1) is 14.6. The van der Waals surface area contributed by atoms with Crippen LogP contribution in [-0.2, 0) is 6.42 Å². The van der Waals surface area contributed by atoms with E-state index in [1.165, 1.54) is 18.2 Å². The molecule has 0 aliphatic carbocycles. The number of fused-ring (bicyclic) bond motifs is 1. The Morgan fingerprint density at radius 2 is 1.80 bits per heavy atom. The summed E-state index contributed by atoms with van der Waals surface area (Å²) in [5.74, 6) is 0.0138. The number of rotatable bonds is 7. The largest absolute Gasteiger partial charge is 0.361 e. The molecular weight excluding hydrogens is 384 g/mol. The summed E-state index contributed by atoms with van der Waals surface area (Å²) in [5.41, 5.74) is 2.67. The van der Waals surface area contributed by atoms with Crippen molar-refractivity contribution in [1.82, 2.24) is 15.2 Å². The first-order valence-corrected chi connectivity index (χ1v) is 10.6. The molecule has 4 rings (SSSR count). The predicted molar refractivity (Wildman–Crippen MR) is 114 cm³/mol. The summed E-state index contributed by atoms with van der Waals surface area (Å²) in [6.07, 6.45) is 5.81. The van der Waals surface area contributed by atoms with Gasteiger partial charge in [-0.25, -0.2) is 8.78 Å². The molecule has 1 aliphatic heterocycles. The van der Waals surface area contributed by atoms with E-state index in [2.05, 4.69) is 10.3 Å². The lowest BCUT2D eigenvalue weighted by Crippen LogP contribution is -2.40. The molecule has 1 aliphatic rings. The Balaban J connectivity index is 1.16. The van der Waals surface area contributed by atoms with Crippen LogP contribution in [0.4, 0.5) is 8.78 Å². The van der Waals surface area contributed by atoms with Gasteiger partial charge >= 0.3 is 0 Å². The van der Waals surface area contributed by atoms with Crippen molar-refractivity contribution in [3.05, 3.63) is 71.4 Å². The molecule has 6 heteroatoms. The van der Waals surface area contributed by atoms with Crippen molar-refractivity contribution in [2.75, 3.05) is 26.2 Å². The molecule has 1 amide bonds. The number of hydrogen-bond acceptors (Lipinski definition) is 2. The number of nitrogens with one attached hydrogen (secondary N) is 2. The van der Waals surface area contributed by atoms with Crippen LogP contribution in [0.3, 0.4) is 0 Å². The Morgan fingerprint density at radius 1 is 1.07 bits per heavy atom. The molecule has 0 radical (unpaired) electrons. The predicted octanol–water partition coefficient (Wildman–Crippen LogP) is 4.52. The number of carbonyl (C=O) groups excluding carboxylic acids is 1. The summed E-state index contributed by atoms with van der Waals surface area (Å²) in [6, 6.07) is 10.6. The number of aryl methyl sites for hydroxylation is 1. The van der Waals surface area contributed by atoms with Crippen molar-refractivity contribution in [2.45, 2.75) is 25.7 Å². The molecule has 0 saturated carbocycles. The van der Waals surface area contributed by atoms with Crippen molar-refractivity contribution in [3.8, 4) is 0 Å². The SMILES string of the molecule is O=C(c1ccc(F)cc1)N1CCC(CNCCCc2c[nH]c3ccc(F)cc23)CC1. The third-order valence-corrected chi connectivity index (χ3v) is 5.96. The fraction of sp³-hybridized carbons (Fsp3) is 0.375. The molecule has 4 nitrogen and oxygen atoms in total. The Labute approximate surface area is 175 Å². The lowest BCUT2D eigenvalue weighted by Gasteiger charge is -2.32. The van der Waals surface area contributed by atoms with Gasteiger partial charge in [0.05, 0.1) is 0 Å². The highest BCUT2D eigenvalue weighted by Crippen LogP contribution is 2.21. The fourth-order valence-corrected chi connectivity index (χ4v) is 4.18. The van der Waals surface area contributed by atoms with Crippen LogP contribution < -0.4 is 5.32 Å². The van der Waals surface area contributed by atoms with Crippen molar-refractivity contribution in [2.24, 2.45) is 5.92 Å². The average molecular weight is 411 g/mol. The number of amides is 1. The van der Waals surface area contributed by atoms with Crippen LogP contribution in [-0.4, -0.2) is 42.0 Å². The molecule has 1 saturated heterocycles. The number of hydrogen-bond donors (Lipinski definition) is 2. The number of H-pyrrole nitrogens is 1. The number of carbonyl (C=O) groups is 1. The Kier molecular flexibility index (Phi) is 6.43. The zero-order chi connectivity index (χ0) is 20.9.